The Morgan fingerprint density at radius 1 is 1.11 bits per heavy atom. The molecule has 27 heavy (non-hydrogen) atoms. The SMILES string of the molecule is CN1CCN(C(=O)Nc2cccc(OC(F)(F)F)c2)C(c2ccccc2)C1. The minimum atomic E-state index is -4.78. The number of urea groups is 1. The molecular weight excluding hydrogens is 359 g/mol. The molecule has 0 radical (unpaired) electrons. The Labute approximate surface area is 155 Å². The number of halogens is 3. The molecule has 1 aliphatic rings. The zero-order valence-corrected chi connectivity index (χ0v) is 14.7. The largest absolute Gasteiger partial charge is 0.573 e. The standard InChI is InChI=1S/C19H20F3N3O2/c1-24-10-11-25(17(13-24)14-6-3-2-4-7-14)18(26)23-15-8-5-9-16(12-15)27-19(20,21)22/h2-9,12,17H,10-11,13H2,1H3,(H,23,26). The van der Waals surface area contributed by atoms with Crippen LogP contribution in [-0.2, 0) is 0 Å². The number of rotatable bonds is 3. The molecule has 1 heterocycles. The van der Waals surface area contributed by atoms with Gasteiger partial charge in [-0.05, 0) is 24.7 Å². The molecule has 1 fully saturated rings. The first-order valence-corrected chi connectivity index (χ1v) is 8.49. The summed E-state index contributed by atoms with van der Waals surface area (Å²) in [4.78, 5) is 16.6. The predicted octanol–water partition coefficient (Wildman–Crippen LogP) is 4.11. The van der Waals surface area contributed by atoms with Gasteiger partial charge in [0.15, 0.2) is 0 Å². The Kier molecular flexibility index (Phi) is 5.55. The fraction of sp³-hybridized carbons (Fsp3) is 0.316. The zero-order valence-electron chi connectivity index (χ0n) is 14.7. The molecule has 2 aromatic rings. The maximum Gasteiger partial charge on any atom is 0.573 e. The number of anilines is 1. The van der Waals surface area contributed by atoms with Crippen LogP contribution < -0.4 is 10.1 Å². The molecule has 0 aromatic heterocycles. The highest BCUT2D eigenvalue weighted by atomic mass is 19.4. The molecule has 2 aromatic carbocycles. The lowest BCUT2D eigenvalue weighted by Crippen LogP contribution is -2.50. The van der Waals surface area contributed by atoms with Crippen LogP contribution in [0.2, 0.25) is 0 Å². The normalized spacial score (nSPS) is 18.2. The Morgan fingerprint density at radius 3 is 2.56 bits per heavy atom. The summed E-state index contributed by atoms with van der Waals surface area (Å²) < 4.78 is 41.0. The van der Waals surface area contributed by atoms with Crippen molar-refractivity contribution in [2.24, 2.45) is 0 Å². The van der Waals surface area contributed by atoms with Gasteiger partial charge in [-0.2, -0.15) is 0 Å². The lowest BCUT2D eigenvalue weighted by atomic mass is 10.0. The van der Waals surface area contributed by atoms with Gasteiger partial charge < -0.3 is 19.9 Å². The third-order valence-electron chi connectivity index (χ3n) is 4.35. The number of nitrogens with zero attached hydrogens (tertiary/aromatic N) is 2. The van der Waals surface area contributed by atoms with Crippen LogP contribution in [0, 0.1) is 0 Å². The van der Waals surface area contributed by atoms with Gasteiger partial charge in [-0.25, -0.2) is 4.79 Å². The van der Waals surface area contributed by atoms with E-state index in [1.807, 2.05) is 37.4 Å². The summed E-state index contributed by atoms with van der Waals surface area (Å²) in [5.74, 6) is -0.377. The second-order valence-electron chi connectivity index (χ2n) is 6.39. The minimum absolute atomic E-state index is 0.139. The van der Waals surface area contributed by atoms with E-state index in [4.69, 9.17) is 0 Å². The highest BCUT2D eigenvalue weighted by Crippen LogP contribution is 2.28. The van der Waals surface area contributed by atoms with E-state index in [1.54, 1.807) is 4.90 Å². The molecule has 0 bridgehead atoms. The third-order valence-corrected chi connectivity index (χ3v) is 4.35. The molecule has 2 amide bonds. The monoisotopic (exact) mass is 379 g/mol. The molecule has 1 saturated heterocycles. The van der Waals surface area contributed by atoms with Crippen LogP contribution in [0.1, 0.15) is 11.6 Å². The van der Waals surface area contributed by atoms with Crippen molar-refractivity contribution in [1.29, 1.82) is 0 Å². The van der Waals surface area contributed by atoms with Crippen LogP contribution in [0.25, 0.3) is 0 Å². The first kappa shape index (κ1) is 19.0. The van der Waals surface area contributed by atoms with Gasteiger partial charge in [0.2, 0.25) is 0 Å². The maximum absolute atomic E-state index is 12.8. The van der Waals surface area contributed by atoms with Crippen molar-refractivity contribution in [3.8, 4) is 5.75 Å². The topological polar surface area (TPSA) is 44.8 Å². The molecule has 0 spiro atoms. The van der Waals surface area contributed by atoms with E-state index in [2.05, 4.69) is 15.0 Å². The first-order chi connectivity index (χ1) is 12.8. The van der Waals surface area contributed by atoms with Gasteiger partial charge >= 0.3 is 12.4 Å². The van der Waals surface area contributed by atoms with Gasteiger partial charge in [0, 0.05) is 31.4 Å². The van der Waals surface area contributed by atoms with E-state index in [1.165, 1.54) is 18.2 Å². The van der Waals surface area contributed by atoms with E-state index in [0.29, 0.717) is 19.6 Å². The molecule has 0 aliphatic carbocycles. The Morgan fingerprint density at radius 2 is 1.85 bits per heavy atom. The lowest BCUT2D eigenvalue weighted by molar-refractivity contribution is -0.274. The highest BCUT2D eigenvalue weighted by molar-refractivity contribution is 5.90. The number of alkyl halides is 3. The Balaban J connectivity index is 1.75. The number of hydrogen-bond acceptors (Lipinski definition) is 3. The molecule has 5 nitrogen and oxygen atoms in total. The number of carbonyl (C=O) groups excluding carboxylic acids is 1. The number of likely N-dealkylation sites (N-methyl/N-ethyl adjacent to an activating group) is 1. The zero-order chi connectivity index (χ0) is 19.4. The van der Waals surface area contributed by atoms with Gasteiger partial charge in [-0.15, -0.1) is 13.2 Å². The molecule has 8 heteroatoms. The number of amides is 2. The fourth-order valence-corrected chi connectivity index (χ4v) is 3.09. The number of ether oxygens (including phenoxy) is 1. The second kappa shape index (κ2) is 7.87. The first-order valence-electron chi connectivity index (χ1n) is 8.49. The van der Waals surface area contributed by atoms with Gasteiger partial charge in [0.25, 0.3) is 0 Å². The van der Waals surface area contributed by atoms with Crippen LogP contribution in [0.15, 0.2) is 54.6 Å². The van der Waals surface area contributed by atoms with Crippen molar-refractivity contribution in [2.45, 2.75) is 12.4 Å². The number of piperazine rings is 1. The molecule has 0 saturated carbocycles. The maximum atomic E-state index is 12.8. The average Bonchev–Trinajstić information content (AvgIpc) is 2.61. The number of hydrogen-bond donors (Lipinski definition) is 1. The summed E-state index contributed by atoms with van der Waals surface area (Å²) in [6, 6.07) is 14.4. The van der Waals surface area contributed by atoms with Crippen LogP contribution in [-0.4, -0.2) is 48.9 Å². The summed E-state index contributed by atoms with van der Waals surface area (Å²) in [6.07, 6.45) is -4.78. The predicted molar refractivity (Wildman–Crippen MR) is 95.5 cm³/mol. The van der Waals surface area contributed by atoms with Crippen molar-refractivity contribution < 1.29 is 22.7 Å². The molecular formula is C19H20F3N3O2. The van der Waals surface area contributed by atoms with Gasteiger partial charge in [-0.1, -0.05) is 36.4 Å². The van der Waals surface area contributed by atoms with Crippen molar-refractivity contribution in [3.05, 3.63) is 60.2 Å². The smallest absolute Gasteiger partial charge is 0.406 e. The quantitative estimate of drug-likeness (QED) is 0.873. The molecule has 1 aliphatic heterocycles. The van der Waals surface area contributed by atoms with Crippen LogP contribution in [0.3, 0.4) is 0 Å². The molecule has 3 rings (SSSR count). The number of carbonyl (C=O) groups is 1. The Hall–Kier alpha value is -2.74. The average molecular weight is 379 g/mol. The van der Waals surface area contributed by atoms with Crippen LogP contribution in [0.4, 0.5) is 23.7 Å². The van der Waals surface area contributed by atoms with E-state index in [-0.39, 0.29) is 23.5 Å². The lowest BCUT2D eigenvalue weighted by Gasteiger charge is -2.40. The van der Waals surface area contributed by atoms with Crippen LogP contribution >= 0.6 is 0 Å². The van der Waals surface area contributed by atoms with Crippen molar-refractivity contribution in [3.63, 3.8) is 0 Å². The van der Waals surface area contributed by atoms with Crippen molar-refractivity contribution >= 4 is 11.7 Å². The van der Waals surface area contributed by atoms with E-state index < -0.39 is 6.36 Å². The summed E-state index contributed by atoms with van der Waals surface area (Å²) in [5, 5.41) is 2.67. The minimum Gasteiger partial charge on any atom is -0.406 e. The molecule has 1 N–H and O–H groups in total. The van der Waals surface area contributed by atoms with Gasteiger partial charge in [0.05, 0.1) is 6.04 Å². The van der Waals surface area contributed by atoms with Gasteiger partial charge in [-0.3, -0.25) is 0 Å². The summed E-state index contributed by atoms with van der Waals surface area (Å²) >= 11 is 0. The number of benzene rings is 2. The number of nitrogens with one attached hydrogen (secondary N) is 1. The summed E-state index contributed by atoms with van der Waals surface area (Å²) in [6.45, 7) is 1.91. The van der Waals surface area contributed by atoms with E-state index >= 15 is 0 Å². The second-order valence-corrected chi connectivity index (χ2v) is 6.39. The van der Waals surface area contributed by atoms with Gasteiger partial charge in [0.1, 0.15) is 5.75 Å². The Bertz CT molecular complexity index is 783. The van der Waals surface area contributed by atoms with Crippen molar-refractivity contribution in [2.75, 3.05) is 32.0 Å². The van der Waals surface area contributed by atoms with E-state index in [0.717, 1.165) is 11.6 Å². The molecule has 144 valence electrons. The fourth-order valence-electron chi connectivity index (χ4n) is 3.09. The molecule has 1 unspecified atom stereocenters. The third kappa shape index (κ3) is 5.13. The summed E-state index contributed by atoms with van der Waals surface area (Å²) in [7, 11) is 1.99. The summed E-state index contributed by atoms with van der Waals surface area (Å²) in [5.41, 5.74) is 1.25. The molecule has 1 atom stereocenters. The van der Waals surface area contributed by atoms with E-state index in [9.17, 15) is 18.0 Å². The van der Waals surface area contributed by atoms with Crippen LogP contribution in [0.5, 0.6) is 5.75 Å². The van der Waals surface area contributed by atoms with Crippen molar-refractivity contribution in [1.82, 2.24) is 9.80 Å². The highest BCUT2D eigenvalue weighted by Gasteiger charge is 2.32.